The van der Waals surface area contributed by atoms with E-state index in [-0.39, 0.29) is 15.9 Å². The van der Waals surface area contributed by atoms with Gasteiger partial charge in [0.15, 0.2) is 0 Å². The lowest BCUT2D eigenvalue weighted by Crippen LogP contribution is -2.05. The van der Waals surface area contributed by atoms with Gasteiger partial charge in [-0.2, -0.15) is 18.2 Å². The molecule has 0 aliphatic heterocycles. The van der Waals surface area contributed by atoms with Crippen LogP contribution in [0.25, 0.3) is 10.9 Å². The van der Waals surface area contributed by atoms with E-state index in [9.17, 15) is 18.0 Å². The Balaban J connectivity index is 2.85. The van der Waals surface area contributed by atoms with E-state index in [0.29, 0.717) is 0 Å². The summed E-state index contributed by atoms with van der Waals surface area (Å²) in [6.45, 7) is 0. The Kier molecular flexibility index (Phi) is 2.69. The molecule has 0 fully saturated rings. The van der Waals surface area contributed by atoms with Gasteiger partial charge in [-0.25, -0.2) is 4.79 Å². The third kappa shape index (κ3) is 2.05. The topological polar surface area (TPSA) is 45.2 Å². The van der Waals surface area contributed by atoms with Crippen LogP contribution in [-0.4, -0.2) is 11.1 Å². The van der Waals surface area contributed by atoms with Crippen molar-refractivity contribution in [3.05, 3.63) is 28.9 Å². The van der Waals surface area contributed by atoms with E-state index in [1.165, 1.54) is 18.2 Å². The molecule has 2 aromatic rings. The highest BCUT2D eigenvalue weighted by molar-refractivity contribution is 6.31. The number of aromatic amines is 1. The third-order valence-electron chi connectivity index (χ3n) is 2.17. The number of benzene rings is 1. The average Bonchev–Trinajstić information content (AvgIpc) is 2.57. The minimum Gasteiger partial charge on any atom is -0.349 e. The van der Waals surface area contributed by atoms with Gasteiger partial charge in [0.1, 0.15) is 11.4 Å². The van der Waals surface area contributed by atoms with Crippen LogP contribution in [-0.2, 0) is 11.0 Å². The van der Waals surface area contributed by atoms with Crippen LogP contribution < -0.4 is 0 Å². The number of rotatable bonds is 1. The molecule has 0 bridgehead atoms. The Hall–Kier alpha value is -1.78. The van der Waals surface area contributed by atoms with E-state index in [1.807, 2.05) is 0 Å². The quantitative estimate of drug-likeness (QED) is 0.615. The normalized spacial score (nSPS) is 11.5. The number of fused-ring (bicyclic) bond motifs is 1. The summed E-state index contributed by atoms with van der Waals surface area (Å²) in [6.07, 6.45) is -3.52. The second-order valence-electron chi connectivity index (χ2n) is 3.24. The van der Waals surface area contributed by atoms with Crippen molar-refractivity contribution in [1.82, 2.24) is 4.98 Å². The SMILES string of the molecule is O=C=Nc1c(C(F)(F)F)[nH]c2ccc(Cl)cc12. The summed E-state index contributed by atoms with van der Waals surface area (Å²) >= 11 is 5.68. The number of nitrogens with zero attached hydrogens (tertiary/aromatic N) is 1. The van der Waals surface area contributed by atoms with Crippen molar-refractivity contribution in [3.8, 4) is 0 Å². The van der Waals surface area contributed by atoms with Crippen LogP contribution in [0.5, 0.6) is 0 Å². The standard InChI is InChI=1S/C10H4ClF3N2O/c11-5-1-2-7-6(3-5)8(15-4-17)9(16-7)10(12,13)14/h1-3,16H. The second-order valence-corrected chi connectivity index (χ2v) is 3.68. The number of isocyanates is 1. The molecule has 0 saturated carbocycles. The summed E-state index contributed by atoms with van der Waals surface area (Å²) in [7, 11) is 0. The molecule has 88 valence electrons. The predicted molar refractivity (Wildman–Crippen MR) is 56.1 cm³/mol. The van der Waals surface area contributed by atoms with E-state index in [2.05, 4.69) is 9.98 Å². The zero-order valence-electron chi connectivity index (χ0n) is 8.10. The summed E-state index contributed by atoms with van der Waals surface area (Å²) in [5, 5.41) is 0.390. The summed E-state index contributed by atoms with van der Waals surface area (Å²) in [5.41, 5.74) is -1.38. The molecule has 0 atom stereocenters. The van der Waals surface area contributed by atoms with E-state index < -0.39 is 17.6 Å². The highest BCUT2D eigenvalue weighted by atomic mass is 35.5. The van der Waals surface area contributed by atoms with Crippen molar-refractivity contribution in [2.75, 3.05) is 0 Å². The van der Waals surface area contributed by atoms with Gasteiger partial charge in [0.2, 0.25) is 6.08 Å². The molecule has 0 unspecified atom stereocenters. The van der Waals surface area contributed by atoms with Crippen molar-refractivity contribution in [3.63, 3.8) is 0 Å². The van der Waals surface area contributed by atoms with Crippen molar-refractivity contribution < 1.29 is 18.0 Å². The van der Waals surface area contributed by atoms with Gasteiger partial charge in [0.05, 0.1) is 0 Å². The number of nitrogens with one attached hydrogen (secondary N) is 1. The molecule has 0 aliphatic rings. The summed E-state index contributed by atoms with van der Waals surface area (Å²) < 4.78 is 38.0. The fourth-order valence-corrected chi connectivity index (χ4v) is 1.69. The van der Waals surface area contributed by atoms with Crippen LogP contribution in [0.15, 0.2) is 23.2 Å². The summed E-state index contributed by atoms with van der Waals surface area (Å²) in [6, 6.07) is 4.13. The van der Waals surface area contributed by atoms with Crippen molar-refractivity contribution in [2.45, 2.75) is 6.18 Å². The van der Waals surface area contributed by atoms with Crippen molar-refractivity contribution >= 4 is 34.3 Å². The molecule has 2 rings (SSSR count). The van der Waals surface area contributed by atoms with Crippen LogP contribution in [0.4, 0.5) is 18.9 Å². The smallest absolute Gasteiger partial charge is 0.349 e. The fraction of sp³-hybridized carbons (Fsp3) is 0.100. The molecule has 7 heteroatoms. The monoisotopic (exact) mass is 260 g/mol. The fourth-order valence-electron chi connectivity index (χ4n) is 1.52. The minimum atomic E-state index is -4.62. The number of hydrogen-bond acceptors (Lipinski definition) is 2. The number of carbonyl (C=O) groups excluding carboxylic acids is 1. The lowest BCUT2D eigenvalue weighted by molar-refractivity contribution is -0.140. The molecule has 17 heavy (non-hydrogen) atoms. The lowest BCUT2D eigenvalue weighted by atomic mass is 10.2. The van der Waals surface area contributed by atoms with Gasteiger partial charge < -0.3 is 4.98 Å². The molecule has 1 N–H and O–H groups in total. The minimum absolute atomic E-state index is 0.133. The lowest BCUT2D eigenvalue weighted by Gasteiger charge is -2.03. The van der Waals surface area contributed by atoms with Gasteiger partial charge in [-0.1, -0.05) is 11.6 Å². The average molecular weight is 261 g/mol. The second kappa shape index (κ2) is 3.91. The van der Waals surface area contributed by atoms with E-state index in [0.717, 1.165) is 6.08 Å². The molecule has 1 heterocycles. The van der Waals surface area contributed by atoms with Crippen LogP contribution >= 0.6 is 11.6 Å². The number of aliphatic imine (C=N–C) groups is 1. The highest BCUT2D eigenvalue weighted by Crippen LogP contribution is 2.41. The third-order valence-corrected chi connectivity index (χ3v) is 2.41. The van der Waals surface area contributed by atoms with Gasteiger partial charge in [0, 0.05) is 15.9 Å². The molecule has 0 aliphatic carbocycles. The maximum Gasteiger partial charge on any atom is 0.433 e. The van der Waals surface area contributed by atoms with E-state index in [1.54, 1.807) is 0 Å². The molecule has 0 radical (unpaired) electrons. The number of halogens is 4. The molecule has 0 spiro atoms. The summed E-state index contributed by atoms with van der Waals surface area (Å²) in [5.74, 6) is 0. The van der Waals surface area contributed by atoms with Crippen LogP contribution in [0.2, 0.25) is 5.02 Å². The molecule has 0 amide bonds. The van der Waals surface area contributed by atoms with E-state index >= 15 is 0 Å². The highest BCUT2D eigenvalue weighted by Gasteiger charge is 2.36. The van der Waals surface area contributed by atoms with Crippen molar-refractivity contribution in [1.29, 1.82) is 0 Å². The van der Waals surface area contributed by atoms with Crippen LogP contribution in [0.1, 0.15) is 5.69 Å². The maximum absolute atomic E-state index is 12.7. The Morgan fingerprint density at radius 1 is 1.35 bits per heavy atom. The summed E-state index contributed by atoms with van der Waals surface area (Å²) in [4.78, 5) is 15.4. The number of alkyl halides is 3. The molecular weight excluding hydrogens is 257 g/mol. The zero-order chi connectivity index (χ0) is 12.6. The van der Waals surface area contributed by atoms with Gasteiger partial charge in [-0.15, -0.1) is 0 Å². The van der Waals surface area contributed by atoms with Crippen LogP contribution in [0, 0.1) is 0 Å². The first-order chi connectivity index (χ1) is 7.93. The Labute approximate surface area is 97.9 Å². The molecule has 3 nitrogen and oxygen atoms in total. The predicted octanol–water partition coefficient (Wildman–Crippen LogP) is 3.81. The molecule has 0 saturated heterocycles. The first kappa shape index (κ1) is 11.7. The molecule has 1 aromatic heterocycles. The number of H-pyrrole nitrogens is 1. The first-order valence-electron chi connectivity index (χ1n) is 4.40. The van der Waals surface area contributed by atoms with Crippen LogP contribution in [0.3, 0.4) is 0 Å². The Bertz CT molecular complexity index is 626. The zero-order valence-corrected chi connectivity index (χ0v) is 8.86. The first-order valence-corrected chi connectivity index (χ1v) is 4.77. The van der Waals surface area contributed by atoms with Gasteiger partial charge >= 0.3 is 6.18 Å². The van der Waals surface area contributed by atoms with Gasteiger partial charge in [-0.05, 0) is 18.2 Å². The van der Waals surface area contributed by atoms with Gasteiger partial charge in [-0.3, -0.25) is 0 Å². The van der Waals surface area contributed by atoms with Gasteiger partial charge in [0.25, 0.3) is 0 Å². The Morgan fingerprint density at radius 3 is 2.65 bits per heavy atom. The van der Waals surface area contributed by atoms with Crippen molar-refractivity contribution in [2.24, 2.45) is 4.99 Å². The number of hydrogen-bond donors (Lipinski definition) is 1. The largest absolute Gasteiger partial charge is 0.433 e. The molecule has 1 aromatic carbocycles. The molecular formula is C10H4ClF3N2O. The maximum atomic E-state index is 12.7. The number of aromatic nitrogens is 1. The van der Waals surface area contributed by atoms with E-state index in [4.69, 9.17) is 11.6 Å². The Morgan fingerprint density at radius 2 is 2.06 bits per heavy atom.